The molecular formula is C11H14BrNO2. The molecule has 1 rings (SSSR count). The molecule has 3 nitrogen and oxygen atoms in total. The van der Waals surface area contributed by atoms with Crippen molar-refractivity contribution < 1.29 is 9.90 Å². The van der Waals surface area contributed by atoms with E-state index in [2.05, 4.69) is 11.9 Å². The second kappa shape index (κ2) is 7.06. The summed E-state index contributed by atoms with van der Waals surface area (Å²) < 4.78 is 0. The van der Waals surface area contributed by atoms with Crippen molar-refractivity contribution in [3.8, 4) is 0 Å². The van der Waals surface area contributed by atoms with Crippen LogP contribution in [0.2, 0.25) is 0 Å². The van der Waals surface area contributed by atoms with E-state index in [1.807, 2.05) is 30.3 Å². The quantitative estimate of drug-likeness (QED) is 0.861. The molecule has 1 aromatic rings. The van der Waals surface area contributed by atoms with Crippen molar-refractivity contribution in [3.63, 3.8) is 0 Å². The highest BCUT2D eigenvalue weighted by Gasteiger charge is 2.15. The summed E-state index contributed by atoms with van der Waals surface area (Å²) in [6, 6.07) is 8.89. The number of rotatable bonds is 5. The first-order valence-electron chi connectivity index (χ1n) is 4.37. The van der Waals surface area contributed by atoms with Crippen molar-refractivity contribution >= 4 is 23.0 Å². The van der Waals surface area contributed by atoms with Crippen molar-refractivity contribution in [2.45, 2.75) is 12.5 Å². The number of carboxylic acid groups (broad SMARTS) is 1. The molecule has 0 spiro atoms. The number of aliphatic carboxylic acids is 1. The van der Waals surface area contributed by atoms with E-state index in [0.29, 0.717) is 6.42 Å². The van der Waals surface area contributed by atoms with E-state index in [1.54, 1.807) is 0 Å². The molecule has 0 bridgehead atoms. The molecule has 1 unspecified atom stereocenters. The number of hydrogen-bond acceptors (Lipinski definition) is 2. The Morgan fingerprint density at radius 3 is 2.53 bits per heavy atom. The van der Waals surface area contributed by atoms with Crippen LogP contribution in [0.3, 0.4) is 0 Å². The van der Waals surface area contributed by atoms with Crippen LogP contribution in [0.1, 0.15) is 5.56 Å². The molecule has 0 heterocycles. The van der Waals surface area contributed by atoms with Gasteiger partial charge in [0.2, 0.25) is 0 Å². The Balaban J connectivity index is 0.00000196. The fraction of sp³-hybridized carbons (Fsp3) is 0.182. The van der Waals surface area contributed by atoms with Crippen LogP contribution in [-0.2, 0) is 11.2 Å². The van der Waals surface area contributed by atoms with Gasteiger partial charge in [-0.15, -0.1) is 17.0 Å². The molecule has 0 aliphatic rings. The van der Waals surface area contributed by atoms with Gasteiger partial charge in [-0.2, -0.15) is 0 Å². The van der Waals surface area contributed by atoms with Crippen LogP contribution >= 0.6 is 17.0 Å². The molecule has 0 aliphatic carbocycles. The highest BCUT2D eigenvalue weighted by Crippen LogP contribution is 2.03. The molecule has 0 radical (unpaired) electrons. The molecule has 1 aromatic carbocycles. The van der Waals surface area contributed by atoms with Crippen molar-refractivity contribution in [1.82, 2.24) is 5.32 Å². The van der Waals surface area contributed by atoms with Crippen LogP contribution in [-0.4, -0.2) is 17.1 Å². The molecule has 4 heteroatoms. The lowest BCUT2D eigenvalue weighted by atomic mass is 10.1. The number of halogens is 1. The first-order chi connectivity index (χ1) is 6.74. The molecule has 82 valence electrons. The number of carboxylic acids is 1. The minimum atomic E-state index is -0.867. The van der Waals surface area contributed by atoms with Crippen LogP contribution in [0.5, 0.6) is 0 Å². The van der Waals surface area contributed by atoms with Crippen LogP contribution in [0, 0.1) is 0 Å². The highest BCUT2D eigenvalue weighted by molar-refractivity contribution is 8.93. The van der Waals surface area contributed by atoms with Gasteiger partial charge in [-0.3, -0.25) is 0 Å². The fourth-order valence-corrected chi connectivity index (χ4v) is 1.21. The average Bonchev–Trinajstić information content (AvgIpc) is 2.18. The zero-order chi connectivity index (χ0) is 10.4. The van der Waals surface area contributed by atoms with Gasteiger partial charge in [0.25, 0.3) is 0 Å². The van der Waals surface area contributed by atoms with Crippen molar-refractivity contribution in [2.24, 2.45) is 0 Å². The lowest BCUT2D eigenvalue weighted by Gasteiger charge is -2.11. The molecule has 0 aromatic heterocycles. The van der Waals surface area contributed by atoms with Crippen molar-refractivity contribution in [1.29, 1.82) is 0 Å². The second-order valence-electron chi connectivity index (χ2n) is 2.95. The van der Waals surface area contributed by atoms with E-state index >= 15 is 0 Å². The van der Waals surface area contributed by atoms with Gasteiger partial charge >= 0.3 is 5.97 Å². The number of benzene rings is 1. The maximum absolute atomic E-state index is 10.8. The number of carbonyl (C=O) groups is 1. The molecular weight excluding hydrogens is 258 g/mol. The van der Waals surface area contributed by atoms with Gasteiger partial charge in [-0.1, -0.05) is 36.9 Å². The van der Waals surface area contributed by atoms with Crippen molar-refractivity contribution in [2.75, 3.05) is 0 Å². The summed E-state index contributed by atoms with van der Waals surface area (Å²) >= 11 is 0. The molecule has 0 amide bonds. The van der Waals surface area contributed by atoms with Crippen LogP contribution < -0.4 is 5.32 Å². The van der Waals surface area contributed by atoms with Crippen molar-refractivity contribution in [3.05, 3.63) is 48.7 Å². The predicted octanol–water partition coefficient (Wildman–Crippen LogP) is 1.99. The van der Waals surface area contributed by atoms with E-state index in [-0.39, 0.29) is 17.0 Å². The monoisotopic (exact) mass is 271 g/mol. The van der Waals surface area contributed by atoms with Gasteiger partial charge in [-0.25, -0.2) is 4.79 Å². The summed E-state index contributed by atoms with van der Waals surface area (Å²) in [5, 5.41) is 11.6. The van der Waals surface area contributed by atoms with E-state index in [0.717, 1.165) is 5.56 Å². The largest absolute Gasteiger partial charge is 0.480 e. The average molecular weight is 272 g/mol. The van der Waals surface area contributed by atoms with Gasteiger partial charge in [0.1, 0.15) is 6.04 Å². The Bertz CT molecular complexity index is 314. The van der Waals surface area contributed by atoms with Gasteiger partial charge in [0.05, 0.1) is 0 Å². The number of hydrogen-bond donors (Lipinski definition) is 2. The van der Waals surface area contributed by atoms with Gasteiger partial charge < -0.3 is 10.4 Å². The Morgan fingerprint density at radius 2 is 2.07 bits per heavy atom. The minimum absolute atomic E-state index is 0. The predicted molar refractivity (Wildman–Crippen MR) is 65.2 cm³/mol. The third kappa shape index (κ3) is 4.65. The molecule has 1 atom stereocenters. The Hall–Kier alpha value is -1.29. The summed E-state index contributed by atoms with van der Waals surface area (Å²) in [5.41, 5.74) is 0.995. The molecule has 0 fully saturated rings. The third-order valence-corrected chi connectivity index (χ3v) is 1.90. The van der Waals surface area contributed by atoms with Gasteiger partial charge in [-0.05, 0) is 11.8 Å². The third-order valence-electron chi connectivity index (χ3n) is 1.90. The van der Waals surface area contributed by atoms with E-state index in [4.69, 9.17) is 5.11 Å². The van der Waals surface area contributed by atoms with E-state index in [9.17, 15) is 4.79 Å². The summed E-state index contributed by atoms with van der Waals surface area (Å²) in [4.78, 5) is 10.8. The first kappa shape index (κ1) is 13.7. The number of nitrogens with one attached hydrogen (secondary N) is 1. The van der Waals surface area contributed by atoms with Gasteiger partial charge in [0.15, 0.2) is 0 Å². The summed E-state index contributed by atoms with van der Waals surface area (Å²) in [6.45, 7) is 3.45. The van der Waals surface area contributed by atoms with E-state index < -0.39 is 12.0 Å². The fourth-order valence-electron chi connectivity index (χ4n) is 1.21. The lowest BCUT2D eigenvalue weighted by molar-refractivity contribution is -0.139. The highest BCUT2D eigenvalue weighted by atomic mass is 79.9. The molecule has 0 aliphatic heterocycles. The minimum Gasteiger partial charge on any atom is -0.480 e. The summed E-state index contributed by atoms with van der Waals surface area (Å²) in [6.07, 6.45) is 1.86. The topological polar surface area (TPSA) is 49.3 Å². The molecule has 15 heavy (non-hydrogen) atoms. The first-order valence-corrected chi connectivity index (χ1v) is 4.37. The van der Waals surface area contributed by atoms with Crippen LogP contribution in [0.15, 0.2) is 43.1 Å². The SMILES string of the molecule is Br.C=CNC(Cc1ccccc1)C(=O)O. The Morgan fingerprint density at radius 1 is 1.47 bits per heavy atom. The zero-order valence-corrected chi connectivity index (χ0v) is 9.93. The summed E-state index contributed by atoms with van der Waals surface area (Å²) in [7, 11) is 0. The smallest absolute Gasteiger partial charge is 0.326 e. The molecule has 0 saturated heterocycles. The normalized spacial score (nSPS) is 10.9. The maximum atomic E-state index is 10.8. The van der Waals surface area contributed by atoms with Gasteiger partial charge in [0, 0.05) is 6.42 Å². The second-order valence-corrected chi connectivity index (χ2v) is 2.95. The molecule has 0 saturated carbocycles. The van der Waals surface area contributed by atoms with Crippen LogP contribution in [0.25, 0.3) is 0 Å². The van der Waals surface area contributed by atoms with Crippen LogP contribution in [0.4, 0.5) is 0 Å². The Labute approximate surface area is 99.6 Å². The lowest BCUT2D eigenvalue weighted by Crippen LogP contribution is -2.34. The molecule has 2 N–H and O–H groups in total. The maximum Gasteiger partial charge on any atom is 0.326 e. The van der Waals surface area contributed by atoms with E-state index in [1.165, 1.54) is 6.20 Å². The Kier molecular flexibility index (Phi) is 6.45. The standard InChI is InChI=1S/C11H13NO2.BrH/c1-2-12-10(11(13)14)8-9-6-4-3-5-7-9;/h2-7,10,12H,1,8H2,(H,13,14);1H. The zero-order valence-electron chi connectivity index (χ0n) is 8.22. The summed E-state index contributed by atoms with van der Waals surface area (Å²) in [5.74, 6) is -0.867.